The van der Waals surface area contributed by atoms with Gasteiger partial charge < -0.3 is 9.84 Å². The molecule has 188 valence electrons. The van der Waals surface area contributed by atoms with Crippen LogP contribution in [-0.2, 0) is 9.59 Å². The Balaban J connectivity index is 1.67. The first-order chi connectivity index (χ1) is 17.8. The number of hydrogen-bond acceptors (Lipinski definition) is 6. The lowest BCUT2D eigenvalue weighted by Crippen LogP contribution is -2.29. The molecule has 1 aromatic heterocycles. The molecule has 10 heteroatoms. The number of amides is 1. The summed E-state index contributed by atoms with van der Waals surface area (Å²) in [5, 5.41) is 12.7. The highest BCUT2D eigenvalue weighted by Crippen LogP contribution is 2.45. The summed E-state index contributed by atoms with van der Waals surface area (Å²) in [7, 11) is 0. The molecule has 37 heavy (non-hydrogen) atoms. The minimum atomic E-state index is -0.984. The molecule has 2 heterocycles. The average molecular weight is 574 g/mol. The van der Waals surface area contributed by atoms with Crippen molar-refractivity contribution in [3.8, 4) is 5.75 Å². The van der Waals surface area contributed by atoms with Crippen LogP contribution in [0, 0.1) is 0 Å². The molecular formula is C27H19Cl3N2O4S. The quantitative estimate of drug-likeness (QED) is 0.145. The van der Waals surface area contributed by atoms with Crippen molar-refractivity contribution < 1.29 is 19.4 Å². The molecule has 6 nitrogen and oxygen atoms in total. The van der Waals surface area contributed by atoms with Gasteiger partial charge in [0.15, 0.2) is 5.13 Å². The number of aliphatic hydroxyl groups is 1. The van der Waals surface area contributed by atoms with Gasteiger partial charge in [-0.1, -0.05) is 59.1 Å². The number of nitrogens with zero attached hydrogens (tertiary/aromatic N) is 2. The largest absolute Gasteiger partial charge is 0.507 e. The number of halogens is 3. The predicted molar refractivity (Wildman–Crippen MR) is 148 cm³/mol. The van der Waals surface area contributed by atoms with E-state index in [0.717, 1.165) is 11.1 Å². The van der Waals surface area contributed by atoms with Crippen LogP contribution in [0.2, 0.25) is 15.1 Å². The fourth-order valence-corrected chi connectivity index (χ4v) is 5.68. The number of benzene rings is 3. The van der Waals surface area contributed by atoms with Crippen LogP contribution >= 0.6 is 46.1 Å². The average Bonchev–Trinajstić information content (AvgIpc) is 3.42. The maximum atomic E-state index is 13.4. The molecule has 0 spiro atoms. The second-order valence-corrected chi connectivity index (χ2v) is 10.6. The van der Waals surface area contributed by atoms with Crippen LogP contribution in [-0.4, -0.2) is 28.4 Å². The van der Waals surface area contributed by atoms with Crippen molar-refractivity contribution in [2.45, 2.75) is 19.4 Å². The number of anilines is 1. The summed E-state index contributed by atoms with van der Waals surface area (Å²) in [5.74, 6) is -1.33. The van der Waals surface area contributed by atoms with E-state index in [1.165, 1.54) is 16.2 Å². The Labute approximate surface area is 231 Å². The molecule has 5 rings (SSSR count). The molecule has 1 aliphatic rings. The molecule has 1 aliphatic heterocycles. The number of aliphatic hydroxyl groups excluding tert-OH is 1. The Kier molecular flexibility index (Phi) is 7.14. The molecule has 1 unspecified atom stereocenters. The van der Waals surface area contributed by atoms with E-state index in [1.807, 2.05) is 6.92 Å². The number of ketones is 1. The summed E-state index contributed by atoms with van der Waals surface area (Å²) < 4.78 is 6.36. The second-order valence-electron chi connectivity index (χ2n) is 8.32. The summed E-state index contributed by atoms with van der Waals surface area (Å²) in [6, 6.07) is 15.7. The molecule has 0 aliphatic carbocycles. The monoisotopic (exact) mass is 572 g/mol. The zero-order valence-electron chi connectivity index (χ0n) is 19.4. The van der Waals surface area contributed by atoms with Crippen LogP contribution < -0.4 is 9.64 Å². The molecule has 4 aromatic rings. The van der Waals surface area contributed by atoms with Crippen LogP contribution in [0.25, 0.3) is 16.0 Å². The first-order valence-corrected chi connectivity index (χ1v) is 13.3. The number of rotatable bonds is 6. The van der Waals surface area contributed by atoms with Crippen molar-refractivity contribution in [2.75, 3.05) is 11.5 Å². The van der Waals surface area contributed by atoms with Crippen LogP contribution in [0.15, 0.2) is 66.2 Å². The van der Waals surface area contributed by atoms with E-state index in [2.05, 4.69) is 4.98 Å². The molecule has 3 aromatic carbocycles. The molecule has 1 saturated heterocycles. The number of carbonyl (C=O) groups is 2. The van der Waals surface area contributed by atoms with Crippen molar-refractivity contribution in [3.63, 3.8) is 0 Å². The Morgan fingerprint density at radius 2 is 1.78 bits per heavy atom. The highest BCUT2D eigenvalue weighted by Gasteiger charge is 2.48. The van der Waals surface area contributed by atoms with Crippen LogP contribution in [0.3, 0.4) is 0 Å². The summed E-state index contributed by atoms with van der Waals surface area (Å²) in [6.07, 6.45) is 0.854. The van der Waals surface area contributed by atoms with E-state index >= 15 is 0 Å². The summed E-state index contributed by atoms with van der Waals surface area (Å²) in [4.78, 5) is 32.6. The summed E-state index contributed by atoms with van der Waals surface area (Å²) in [5.41, 5.74) is 1.41. The molecule has 1 fully saturated rings. The second kappa shape index (κ2) is 10.3. The van der Waals surface area contributed by atoms with E-state index < -0.39 is 17.7 Å². The Morgan fingerprint density at radius 1 is 1.03 bits per heavy atom. The van der Waals surface area contributed by atoms with E-state index in [4.69, 9.17) is 39.5 Å². The van der Waals surface area contributed by atoms with Gasteiger partial charge in [-0.25, -0.2) is 4.98 Å². The number of hydrogen-bond donors (Lipinski definition) is 1. The van der Waals surface area contributed by atoms with Crippen LogP contribution in [0.1, 0.15) is 30.5 Å². The maximum absolute atomic E-state index is 13.4. The standard InChI is InChI=1S/C27H19Cl3N2O4S/c1-2-11-36-17-7-3-14(4-8-17)24(33)22-23(15-5-9-18(29)19(30)12-15)32(26(35)25(22)34)27-31-20-10-6-16(28)13-21(20)37-27/h3-10,12-13,23,33H,2,11H2,1H3. The maximum Gasteiger partial charge on any atom is 0.301 e. The lowest BCUT2D eigenvalue weighted by molar-refractivity contribution is -0.132. The third-order valence-electron chi connectivity index (χ3n) is 5.85. The van der Waals surface area contributed by atoms with Gasteiger partial charge in [-0.15, -0.1) is 0 Å². The lowest BCUT2D eigenvalue weighted by Gasteiger charge is -2.23. The van der Waals surface area contributed by atoms with Gasteiger partial charge in [-0.3, -0.25) is 14.5 Å². The normalized spacial score (nSPS) is 17.1. The minimum absolute atomic E-state index is 0.0806. The fourth-order valence-electron chi connectivity index (χ4n) is 4.10. The van der Waals surface area contributed by atoms with E-state index in [1.54, 1.807) is 60.7 Å². The summed E-state index contributed by atoms with van der Waals surface area (Å²) >= 11 is 19.8. The number of fused-ring (bicyclic) bond motifs is 1. The van der Waals surface area contributed by atoms with Crippen molar-refractivity contribution in [2.24, 2.45) is 0 Å². The molecule has 0 radical (unpaired) electrons. The van der Waals surface area contributed by atoms with E-state index in [-0.39, 0.29) is 21.5 Å². The van der Waals surface area contributed by atoms with E-state index in [9.17, 15) is 14.7 Å². The van der Waals surface area contributed by atoms with Crippen LogP contribution in [0.5, 0.6) is 5.75 Å². The smallest absolute Gasteiger partial charge is 0.301 e. The van der Waals surface area contributed by atoms with Crippen molar-refractivity contribution in [1.29, 1.82) is 0 Å². The fraction of sp³-hybridized carbons (Fsp3) is 0.148. The third kappa shape index (κ3) is 4.80. The molecular weight excluding hydrogens is 555 g/mol. The lowest BCUT2D eigenvalue weighted by atomic mass is 9.95. The van der Waals surface area contributed by atoms with Crippen molar-refractivity contribution >= 4 is 78.9 Å². The minimum Gasteiger partial charge on any atom is -0.507 e. The van der Waals surface area contributed by atoms with Gasteiger partial charge >= 0.3 is 5.91 Å². The highest BCUT2D eigenvalue weighted by molar-refractivity contribution is 7.22. The number of ether oxygens (including phenoxy) is 1. The van der Waals surface area contributed by atoms with Gasteiger partial charge in [-0.05, 0) is 66.6 Å². The SMILES string of the molecule is CCCOc1ccc(C(O)=C2C(=O)C(=O)N(c3nc4ccc(Cl)cc4s3)C2c2ccc(Cl)c(Cl)c2)cc1. The molecule has 1 atom stereocenters. The van der Waals surface area contributed by atoms with Gasteiger partial charge in [0.2, 0.25) is 0 Å². The number of Topliss-reactive ketones (excluding diaryl/α,β-unsaturated/α-hetero) is 1. The van der Waals surface area contributed by atoms with Crippen molar-refractivity contribution in [1.82, 2.24) is 4.98 Å². The van der Waals surface area contributed by atoms with Gasteiger partial charge in [0, 0.05) is 10.6 Å². The predicted octanol–water partition coefficient (Wildman–Crippen LogP) is 7.67. The van der Waals surface area contributed by atoms with Crippen molar-refractivity contribution in [3.05, 3.63) is 92.4 Å². The number of thiazole rings is 1. The Hall–Kier alpha value is -3.10. The van der Waals surface area contributed by atoms with Crippen LogP contribution in [0.4, 0.5) is 5.13 Å². The van der Waals surface area contributed by atoms with Gasteiger partial charge in [-0.2, -0.15) is 0 Å². The number of aromatic nitrogens is 1. The Bertz CT molecular complexity index is 1570. The zero-order chi connectivity index (χ0) is 26.3. The first kappa shape index (κ1) is 25.5. The molecule has 0 bridgehead atoms. The van der Waals surface area contributed by atoms with Gasteiger partial charge in [0.25, 0.3) is 5.78 Å². The Morgan fingerprint density at radius 3 is 2.49 bits per heavy atom. The molecule has 1 amide bonds. The van der Waals surface area contributed by atoms with E-state index in [0.29, 0.717) is 39.0 Å². The number of carbonyl (C=O) groups excluding carboxylic acids is 2. The van der Waals surface area contributed by atoms with Gasteiger partial charge in [0.05, 0.1) is 38.5 Å². The third-order valence-corrected chi connectivity index (χ3v) is 7.84. The summed E-state index contributed by atoms with van der Waals surface area (Å²) in [6.45, 7) is 2.56. The van der Waals surface area contributed by atoms with Gasteiger partial charge in [0.1, 0.15) is 11.5 Å². The molecule has 1 N–H and O–H groups in total. The molecule has 0 saturated carbocycles. The first-order valence-electron chi connectivity index (χ1n) is 11.3. The highest BCUT2D eigenvalue weighted by atomic mass is 35.5. The topological polar surface area (TPSA) is 79.7 Å². The zero-order valence-corrected chi connectivity index (χ0v) is 22.5.